The molecule has 8 heteroatoms. The molecule has 3 saturated heterocycles. The van der Waals surface area contributed by atoms with E-state index in [1.165, 1.54) is 44.2 Å². The van der Waals surface area contributed by atoms with Crippen LogP contribution in [0.2, 0.25) is 0 Å². The number of amides is 1. The van der Waals surface area contributed by atoms with E-state index >= 15 is 0 Å². The molecule has 2 N–H and O–H groups in total. The van der Waals surface area contributed by atoms with Gasteiger partial charge in [-0.25, -0.2) is 4.39 Å². The minimum atomic E-state index is -0.636. The van der Waals surface area contributed by atoms with Gasteiger partial charge in [0.1, 0.15) is 5.52 Å². The van der Waals surface area contributed by atoms with Crippen LogP contribution in [0.1, 0.15) is 56.3 Å². The quantitative estimate of drug-likeness (QED) is 0.808. The van der Waals surface area contributed by atoms with Gasteiger partial charge in [0.15, 0.2) is 11.4 Å². The first-order valence-electron chi connectivity index (χ1n) is 11.5. The Morgan fingerprint density at radius 1 is 1.13 bits per heavy atom. The first-order chi connectivity index (χ1) is 14.8. The molecule has 2 bridgehead atoms. The van der Waals surface area contributed by atoms with Gasteiger partial charge in [-0.15, -0.1) is 0 Å². The minimum Gasteiger partial charge on any atom is -0.420 e. The van der Waals surface area contributed by atoms with E-state index in [4.69, 9.17) is 10.2 Å². The highest BCUT2D eigenvalue weighted by molar-refractivity contribution is 6.04. The maximum absolute atomic E-state index is 14.3. The number of halogens is 1. The monoisotopic (exact) mass is 429 g/mol. The average molecular weight is 430 g/mol. The summed E-state index contributed by atoms with van der Waals surface area (Å²) in [6.45, 7) is 6.17. The summed E-state index contributed by atoms with van der Waals surface area (Å²) in [6.07, 6.45) is 6.45. The highest BCUT2D eigenvalue weighted by atomic mass is 19.1. The Morgan fingerprint density at radius 3 is 2.39 bits per heavy atom. The van der Waals surface area contributed by atoms with Crippen molar-refractivity contribution in [3.8, 4) is 0 Å². The van der Waals surface area contributed by atoms with Crippen molar-refractivity contribution in [3.63, 3.8) is 0 Å². The van der Waals surface area contributed by atoms with Crippen LogP contribution in [0.3, 0.4) is 0 Å². The standard InChI is InChI=1S/C23H32FN5O2/c1-13-11-28(17-9-15-5-4-6-16(10-17)27(15)3)12-14(2)29(13)23-26-20-18(22(25)30)7-8-19(24)21(20)31-23/h7-8,13-17H,4-6,9-12H2,1-3H3,(H2,25,30)/t13-,14-,15?,16?,17?/m0/s1. The predicted molar refractivity (Wildman–Crippen MR) is 118 cm³/mol. The summed E-state index contributed by atoms with van der Waals surface area (Å²) in [6, 6.07) is 5.28. The number of carbonyl (C=O) groups is 1. The number of benzene rings is 1. The third kappa shape index (κ3) is 3.49. The molecular weight excluding hydrogens is 397 g/mol. The molecule has 0 radical (unpaired) electrons. The van der Waals surface area contributed by atoms with Gasteiger partial charge in [0.25, 0.3) is 11.9 Å². The summed E-state index contributed by atoms with van der Waals surface area (Å²) in [4.78, 5) is 23.6. The van der Waals surface area contributed by atoms with Crippen molar-refractivity contribution in [2.75, 3.05) is 25.0 Å². The number of nitrogens with two attached hydrogens (primary N) is 1. The van der Waals surface area contributed by atoms with Crippen molar-refractivity contribution in [3.05, 3.63) is 23.5 Å². The Labute approximate surface area is 182 Å². The number of hydrogen-bond donors (Lipinski definition) is 1. The van der Waals surface area contributed by atoms with Crippen LogP contribution < -0.4 is 10.6 Å². The number of rotatable bonds is 3. The molecule has 31 heavy (non-hydrogen) atoms. The maximum Gasteiger partial charge on any atom is 0.299 e. The maximum atomic E-state index is 14.3. The Balaban J connectivity index is 1.38. The summed E-state index contributed by atoms with van der Waals surface area (Å²) in [5, 5.41) is 0. The van der Waals surface area contributed by atoms with E-state index in [-0.39, 0.29) is 28.7 Å². The number of hydrogen-bond acceptors (Lipinski definition) is 6. The zero-order valence-corrected chi connectivity index (χ0v) is 18.6. The van der Waals surface area contributed by atoms with Crippen molar-refractivity contribution in [2.45, 2.75) is 76.2 Å². The zero-order chi connectivity index (χ0) is 21.9. The molecule has 1 aromatic heterocycles. The number of aromatic nitrogens is 1. The van der Waals surface area contributed by atoms with Gasteiger partial charge in [0.2, 0.25) is 0 Å². The lowest BCUT2D eigenvalue weighted by Gasteiger charge is -2.53. The fourth-order valence-electron chi connectivity index (χ4n) is 6.20. The molecule has 4 heterocycles. The third-order valence-electron chi connectivity index (χ3n) is 7.75. The number of oxazole rings is 1. The average Bonchev–Trinajstić information content (AvgIpc) is 3.12. The lowest BCUT2D eigenvalue weighted by molar-refractivity contribution is -0.000310. The molecule has 3 aliphatic rings. The van der Waals surface area contributed by atoms with Crippen molar-refractivity contribution in [1.29, 1.82) is 0 Å². The fourth-order valence-corrected chi connectivity index (χ4v) is 6.20. The van der Waals surface area contributed by atoms with E-state index in [9.17, 15) is 9.18 Å². The van der Waals surface area contributed by atoms with Crippen molar-refractivity contribution < 1.29 is 13.6 Å². The third-order valence-corrected chi connectivity index (χ3v) is 7.75. The summed E-state index contributed by atoms with van der Waals surface area (Å²) >= 11 is 0. The van der Waals surface area contributed by atoms with Crippen LogP contribution in [0.5, 0.6) is 0 Å². The Hall–Kier alpha value is -2.19. The van der Waals surface area contributed by atoms with Crippen molar-refractivity contribution in [2.24, 2.45) is 5.73 Å². The normalized spacial score (nSPS) is 32.5. The number of nitrogens with zero attached hydrogens (tertiary/aromatic N) is 4. The van der Waals surface area contributed by atoms with Crippen LogP contribution in [0, 0.1) is 5.82 Å². The van der Waals surface area contributed by atoms with Crippen molar-refractivity contribution in [1.82, 2.24) is 14.8 Å². The number of carbonyl (C=O) groups excluding carboxylic acids is 1. The lowest BCUT2D eigenvalue weighted by Crippen LogP contribution is -2.63. The molecule has 7 nitrogen and oxygen atoms in total. The Bertz CT molecular complexity index is 968. The molecule has 168 valence electrons. The fraction of sp³-hybridized carbons (Fsp3) is 0.652. The van der Waals surface area contributed by atoms with E-state index in [1.54, 1.807) is 0 Å². The molecule has 0 saturated carbocycles. The largest absolute Gasteiger partial charge is 0.420 e. The Morgan fingerprint density at radius 2 is 1.77 bits per heavy atom. The highest BCUT2D eigenvalue weighted by Gasteiger charge is 2.41. The number of anilines is 1. The summed E-state index contributed by atoms with van der Waals surface area (Å²) in [7, 11) is 2.29. The number of piperidine rings is 2. The minimum absolute atomic E-state index is 0.00345. The van der Waals surface area contributed by atoms with Gasteiger partial charge in [-0.05, 0) is 58.7 Å². The van der Waals surface area contributed by atoms with Crippen LogP contribution in [0.15, 0.2) is 16.5 Å². The van der Waals surface area contributed by atoms with E-state index in [0.717, 1.165) is 13.1 Å². The molecule has 0 spiro atoms. The molecule has 3 aliphatic heterocycles. The van der Waals surface area contributed by atoms with E-state index < -0.39 is 11.7 Å². The van der Waals surface area contributed by atoms with Gasteiger partial charge in [0, 0.05) is 43.3 Å². The molecule has 1 amide bonds. The first-order valence-corrected chi connectivity index (χ1v) is 11.5. The molecule has 2 unspecified atom stereocenters. The van der Waals surface area contributed by atoms with Crippen LogP contribution in [0.4, 0.5) is 10.4 Å². The van der Waals surface area contributed by atoms with Gasteiger partial charge < -0.3 is 20.0 Å². The number of primary amides is 1. The summed E-state index contributed by atoms with van der Waals surface area (Å²) in [5.41, 5.74) is 5.84. The second-order valence-electron chi connectivity index (χ2n) is 9.72. The van der Waals surface area contributed by atoms with Crippen LogP contribution in [-0.4, -0.2) is 71.0 Å². The number of fused-ring (bicyclic) bond motifs is 3. The van der Waals surface area contributed by atoms with Gasteiger partial charge in [-0.3, -0.25) is 9.69 Å². The van der Waals surface area contributed by atoms with Crippen LogP contribution in [-0.2, 0) is 0 Å². The molecule has 5 rings (SSSR count). The van der Waals surface area contributed by atoms with Gasteiger partial charge >= 0.3 is 0 Å². The highest BCUT2D eigenvalue weighted by Crippen LogP contribution is 2.37. The van der Waals surface area contributed by atoms with E-state index in [2.05, 4.69) is 40.6 Å². The molecule has 0 aliphatic carbocycles. The number of piperazine rings is 1. The topological polar surface area (TPSA) is 78.8 Å². The molecule has 1 aromatic carbocycles. The van der Waals surface area contributed by atoms with E-state index in [0.29, 0.717) is 24.1 Å². The summed E-state index contributed by atoms with van der Waals surface area (Å²) in [5.74, 6) is -1.17. The van der Waals surface area contributed by atoms with Crippen molar-refractivity contribution >= 4 is 23.0 Å². The second-order valence-corrected chi connectivity index (χ2v) is 9.72. The Kier molecular flexibility index (Phi) is 5.17. The first kappa shape index (κ1) is 20.7. The van der Waals surface area contributed by atoms with Crippen LogP contribution in [0.25, 0.3) is 11.1 Å². The molecule has 2 aromatic rings. The van der Waals surface area contributed by atoms with Gasteiger partial charge in [-0.1, -0.05) is 6.42 Å². The molecular formula is C23H32FN5O2. The van der Waals surface area contributed by atoms with E-state index in [1.807, 2.05) is 0 Å². The lowest BCUT2D eigenvalue weighted by atomic mass is 9.81. The smallest absolute Gasteiger partial charge is 0.299 e. The predicted octanol–water partition coefficient (Wildman–Crippen LogP) is 2.98. The zero-order valence-electron chi connectivity index (χ0n) is 18.6. The SMILES string of the molecule is C[C@H]1CN(C2CC3CCCC(C2)N3C)C[C@H](C)N1c1nc2c(C(N)=O)ccc(F)c2o1. The van der Waals surface area contributed by atoms with Crippen LogP contribution >= 0.6 is 0 Å². The molecule has 3 fully saturated rings. The molecule has 4 atom stereocenters. The van der Waals surface area contributed by atoms with Gasteiger partial charge in [0.05, 0.1) is 5.56 Å². The second kappa shape index (κ2) is 7.74. The summed E-state index contributed by atoms with van der Waals surface area (Å²) < 4.78 is 20.2. The van der Waals surface area contributed by atoms with Gasteiger partial charge in [-0.2, -0.15) is 4.98 Å².